The third-order valence-electron chi connectivity index (χ3n) is 5.61. The molecule has 4 aromatic rings. The van der Waals surface area contributed by atoms with Crippen LogP contribution in [-0.4, -0.2) is 49.6 Å². The monoisotopic (exact) mass is 431 g/mol. The fourth-order valence-electron chi connectivity index (χ4n) is 4.12. The second-order valence-corrected chi connectivity index (χ2v) is 7.61. The second-order valence-electron chi connectivity index (χ2n) is 7.61. The van der Waals surface area contributed by atoms with Gasteiger partial charge in [0.05, 0.1) is 16.9 Å². The van der Waals surface area contributed by atoms with Crippen LogP contribution in [-0.2, 0) is 4.79 Å². The molecule has 3 N–H and O–H groups in total. The SMILES string of the molecule is C=CC(=O)N1CCC[C@@H](n2nc(C(=O)Nc3nc4ccccc4o3)c3c(N)nccc32)C1. The summed E-state index contributed by atoms with van der Waals surface area (Å²) in [5, 5.41) is 7.71. The first-order valence-corrected chi connectivity index (χ1v) is 10.3. The maximum Gasteiger partial charge on any atom is 0.302 e. The van der Waals surface area contributed by atoms with Gasteiger partial charge in [-0.15, -0.1) is 0 Å². The number of amides is 2. The number of oxazole rings is 1. The van der Waals surface area contributed by atoms with Crippen LogP contribution in [0.15, 0.2) is 53.6 Å². The molecule has 0 spiro atoms. The Morgan fingerprint density at radius 3 is 2.94 bits per heavy atom. The number of nitrogens with two attached hydrogens (primary N) is 1. The number of pyridine rings is 1. The zero-order valence-electron chi connectivity index (χ0n) is 17.2. The molecule has 0 bridgehead atoms. The highest BCUT2D eigenvalue weighted by Gasteiger charge is 2.29. The number of piperidine rings is 1. The fraction of sp³-hybridized carbons (Fsp3) is 0.227. The number of carbonyl (C=O) groups is 2. The number of nitrogens with one attached hydrogen (secondary N) is 1. The Bertz CT molecular complexity index is 1320. The largest absolute Gasteiger partial charge is 0.423 e. The molecule has 1 saturated heterocycles. The van der Waals surface area contributed by atoms with Gasteiger partial charge in [0, 0.05) is 19.3 Å². The normalized spacial score (nSPS) is 16.4. The molecule has 32 heavy (non-hydrogen) atoms. The molecule has 1 aliphatic rings. The molecule has 0 aliphatic carbocycles. The van der Waals surface area contributed by atoms with Crippen LogP contribution in [0.25, 0.3) is 22.0 Å². The van der Waals surface area contributed by atoms with Crippen molar-refractivity contribution < 1.29 is 14.0 Å². The molecular formula is C22H21N7O3. The van der Waals surface area contributed by atoms with Crippen LogP contribution in [0, 0.1) is 0 Å². The summed E-state index contributed by atoms with van der Waals surface area (Å²) < 4.78 is 7.36. The van der Waals surface area contributed by atoms with Crippen LogP contribution in [0.3, 0.4) is 0 Å². The number of benzene rings is 1. The lowest BCUT2D eigenvalue weighted by Gasteiger charge is -2.32. The number of hydrogen-bond donors (Lipinski definition) is 2. The van der Waals surface area contributed by atoms with Gasteiger partial charge in [-0.05, 0) is 37.1 Å². The minimum absolute atomic E-state index is 0.0711. The van der Waals surface area contributed by atoms with Gasteiger partial charge in [0.2, 0.25) is 5.91 Å². The number of hydrogen-bond acceptors (Lipinski definition) is 7. The van der Waals surface area contributed by atoms with Gasteiger partial charge in [0.25, 0.3) is 5.91 Å². The van der Waals surface area contributed by atoms with E-state index in [1.807, 2.05) is 12.1 Å². The lowest BCUT2D eigenvalue weighted by Crippen LogP contribution is -2.40. The number of nitrogens with zero attached hydrogens (tertiary/aromatic N) is 5. The number of fused-ring (bicyclic) bond motifs is 2. The summed E-state index contributed by atoms with van der Waals surface area (Å²) in [6.45, 7) is 4.70. The van der Waals surface area contributed by atoms with E-state index >= 15 is 0 Å². The van der Waals surface area contributed by atoms with Gasteiger partial charge in [0.15, 0.2) is 11.3 Å². The summed E-state index contributed by atoms with van der Waals surface area (Å²) in [7, 11) is 0. The van der Waals surface area contributed by atoms with E-state index < -0.39 is 5.91 Å². The molecule has 10 heteroatoms. The Kier molecular flexibility index (Phi) is 4.81. The van der Waals surface area contributed by atoms with E-state index in [-0.39, 0.29) is 29.5 Å². The van der Waals surface area contributed by atoms with Crippen LogP contribution < -0.4 is 11.1 Å². The molecule has 1 aliphatic heterocycles. The van der Waals surface area contributed by atoms with E-state index in [1.165, 1.54) is 6.08 Å². The third-order valence-corrected chi connectivity index (χ3v) is 5.61. The maximum absolute atomic E-state index is 13.1. The van der Waals surface area contributed by atoms with Crippen LogP contribution >= 0.6 is 0 Å². The zero-order chi connectivity index (χ0) is 22.2. The van der Waals surface area contributed by atoms with Crippen LogP contribution in [0.5, 0.6) is 0 Å². The number of rotatable bonds is 4. The first-order chi connectivity index (χ1) is 15.5. The van der Waals surface area contributed by atoms with Crippen molar-refractivity contribution in [2.45, 2.75) is 18.9 Å². The molecule has 10 nitrogen and oxygen atoms in total. The molecule has 4 heterocycles. The summed E-state index contributed by atoms with van der Waals surface area (Å²) in [5.41, 5.74) is 8.13. The van der Waals surface area contributed by atoms with E-state index in [9.17, 15) is 9.59 Å². The summed E-state index contributed by atoms with van der Waals surface area (Å²) in [6.07, 6.45) is 4.52. The van der Waals surface area contributed by atoms with Crippen molar-refractivity contribution in [2.75, 3.05) is 24.1 Å². The van der Waals surface area contributed by atoms with Crippen molar-refractivity contribution in [1.82, 2.24) is 24.6 Å². The molecule has 5 rings (SSSR count). The number of aromatic nitrogens is 4. The van der Waals surface area contributed by atoms with E-state index in [0.29, 0.717) is 35.1 Å². The third kappa shape index (κ3) is 3.35. The van der Waals surface area contributed by atoms with Gasteiger partial charge >= 0.3 is 6.01 Å². The summed E-state index contributed by atoms with van der Waals surface area (Å²) >= 11 is 0. The van der Waals surface area contributed by atoms with Gasteiger partial charge in [-0.2, -0.15) is 10.1 Å². The van der Waals surface area contributed by atoms with Gasteiger partial charge in [-0.3, -0.25) is 19.6 Å². The van der Waals surface area contributed by atoms with Crippen molar-refractivity contribution in [2.24, 2.45) is 0 Å². The highest BCUT2D eigenvalue weighted by Crippen LogP contribution is 2.30. The highest BCUT2D eigenvalue weighted by atomic mass is 16.4. The lowest BCUT2D eigenvalue weighted by atomic mass is 10.1. The Hall–Kier alpha value is -4.21. The predicted octanol–water partition coefficient (Wildman–Crippen LogP) is 2.76. The average Bonchev–Trinajstić information content (AvgIpc) is 3.40. The lowest BCUT2D eigenvalue weighted by molar-refractivity contribution is -0.127. The number of para-hydroxylation sites is 2. The Labute approximate surface area is 182 Å². The number of nitrogen functional groups attached to an aromatic ring is 1. The highest BCUT2D eigenvalue weighted by molar-refractivity contribution is 6.13. The molecule has 1 atom stereocenters. The summed E-state index contributed by atoms with van der Waals surface area (Å²) in [4.78, 5) is 35.4. The predicted molar refractivity (Wildman–Crippen MR) is 119 cm³/mol. The van der Waals surface area contributed by atoms with Crippen molar-refractivity contribution in [3.05, 3.63) is 54.9 Å². The molecule has 1 aromatic carbocycles. The van der Waals surface area contributed by atoms with Crippen LogP contribution in [0.4, 0.5) is 11.8 Å². The van der Waals surface area contributed by atoms with Gasteiger partial charge < -0.3 is 15.1 Å². The molecule has 2 amide bonds. The standard InChI is InChI=1S/C22H21N7O3/c1-2-17(30)28-11-5-6-13(12-28)29-15-9-10-24-20(23)18(15)19(27-29)21(31)26-22-25-14-7-3-4-8-16(14)32-22/h2-4,7-10,13H,1,5-6,11-12H2,(H2,23,24)(H,25,26,31)/t13-/m1/s1. The molecule has 0 radical (unpaired) electrons. The number of likely N-dealkylation sites (tertiary alicyclic amines) is 1. The number of anilines is 2. The molecule has 0 unspecified atom stereocenters. The Balaban J connectivity index is 1.51. The molecular weight excluding hydrogens is 410 g/mol. The zero-order valence-corrected chi connectivity index (χ0v) is 17.2. The fourth-order valence-corrected chi connectivity index (χ4v) is 4.12. The minimum atomic E-state index is -0.505. The maximum atomic E-state index is 13.1. The Morgan fingerprint density at radius 1 is 1.28 bits per heavy atom. The van der Waals surface area contributed by atoms with Crippen molar-refractivity contribution in [1.29, 1.82) is 0 Å². The topological polar surface area (TPSA) is 132 Å². The van der Waals surface area contributed by atoms with Gasteiger partial charge in [0.1, 0.15) is 11.3 Å². The minimum Gasteiger partial charge on any atom is -0.423 e. The van der Waals surface area contributed by atoms with Crippen molar-refractivity contribution in [3.8, 4) is 0 Å². The van der Waals surface area contributed by atoms with E-state index in [0.717, 1.165) is 12.8 Å². The first kappa shape index (κ1) is 19.7. The summed E-state index contributed by atoms with van der Waals surface area (Å²) in [5.74, 6) is -0.428. The van der Waals surface area contributed by atoms with Crippen LogP contribution in [0.1, 0.15) is 29.4 Å². The molecule has 0 saturated carbocycles. The average molecular weight is 431 g/mol. The molecule has 3 aromatic heterocycles. The summed E-state index contributed by atoms with van der Waals surface area (Å²) in [6, 6.07) is 8.95. The quantitative estimate of drug-likeness (QED) is 0.475. The smallest absolute Gasteiger partial charge is 0.302 e. The van der Waals surface area contributed by atoms with Crippen molar-refractivity contribution >= 4 is 45.6 Å². The number of carbonyl (C=O) groups excluding carboxylic acids is 2. The van der Waals surface area contributed by atoms with E-state index in [1.54, 1.807) is 34.0 Å². The molecule has 162 valence electrons. The van der Waals surface area contributed by atoms with Crippen LogP contribution in [0.2, 0.25) is 0 Å². The van der Waals surface area contributed by atoms with E-state index in [2.05, 4.69) is 27.0 Å². The van der Waals surface area contributed by atoms with Gasteiger partial charge in [-0.1, -0.05) is 18.7 Å². The van der Waals surface area contributed by atoms with E-state index in [4.69, 9.17) is 10.2 Å². The van der Waals surface area contributed by atoms with Crippen molar-refractivity contribution in [3.63, 3.8) is 0 Å². The van der Waals surface area contributed by atoms with Gasteiger partial charge in [-0.25, -0.2) is 4.98 Å². The first-order valence-electron chi connectivity index (χ1n) is 10.3. The second kappa shape index (κ2) is 7.80. The Morgan fingerprint density at radius 2 is 2.12 bits per heavy atom. The molecule has 1 fully saturated rings.